The largest absolute Gasteiger partial charge is 0.355 e. The van der Waals surface area contributed by atoms with Gasteiger partial charge in [-0.15, -0.1) is 0 Å². The highest BCUT2D eigenvalue weighted by Gasteiger charge is 2.44. The first kappa shape index (κ1) is 80.6. The summed E-state index contributed by atoms with van der Waals surface area (Å²) in [6.07, 6.45) is 1.91. The Hall–Kier alpha value is -6.40. The highest BCUT2D eigenvalue weighted by atomic mass is 16.2. The summed E-state index contributed by atoms with van der Waals surface area (Å²) in [6.45, 7) is 28.5. The minimum absolute atomic E-state index is 0.0678. The smallest absolute Gasteiger partial charge is 0.246 e. The second-order valence-electron chi connectivity index (χ2n) is 27.3. The summed E-state index contributed by atoms with van der Waals surface area (Å²) >= 11 is 0. The van der Waals surface area contributed by atoms with Crippen LogP contribution in [0.3, 0.4) is 0 Å². The van der Waals surface area contributed by atoms with Crippen molar-refractivity contribution >= 4 is 70.9 Å². The van der Waals surface area contributed by atoms with Crippen LogP contribution in [-0.4, -0.2) is 235 Å². The lowest BCUT2D eigenvalue weighted by Gasteiger charge is -2.41. The number of nitrogens with two attached hydrogens (primary N) is 1. The summed E-state index contributed by atoms with van der Waals surface area (Å²) in [5.74, 6) is -9.06. The third-order valence-corrected chi connectivity index (χ3v) is 16.7. The zero-order valence-corrected chi connectivity index (χ0v) is 58.4. The molecule has 0 radical (unpaired) electrons. The molecule has 0 aromatic heterocycles. The maximum Gasteiger partial charge on any atom is 0.246 e. The monoisotopic (exact) mass is 1260 g/mol. The van der Waals surface area contributed by atoms with E-state index < -0.39 is 144 Å². The number of rotatable bonds is 19. The van der Waals surface area contributed by atoms with Crippen LogP contribution in [0.4, 0.5) is 0 Å². The molecule has 25 heteroatoms. The summed E-state index contributed by atoms with van der Waals surface area (Å²) < 4.78 is 0. The van der Waals surface area contributed by atoms with E-state index in [2.05, 4.69) is 26.6 Å². The molecule has 0 aliphatic carbocycles. The molecular formula is C64H117N13O12. The van der Waals surface area contributed by atoms with Gasteiger partial charge in [0.25, 0.3) is 0 Å². The number of carbonyl (C=O) groups excluding carboxylic acids is 12. The zero-order valence-electron chi connectivity index (χ0n) is 58.4. The first-order valence-corrected chi connectivity index (χ1v) is 32.2. The van der Waals surface area contributed by atoms with Crippen LogP contribution in [0.5, 0.6) is 0 Å². The van der Waals surface area contributed by atoms with Crippen LogP contribution in [0.2, 0.25) is 0 Å². The molecule has 1 rings (SSSR count). The van der Waals surface area contributed by atoms with Crippen LogP contribution >= 0.6 is 0 Å². The normalized spacial score (nSPS) is 25.7. The van der Waals surface area contributed by atoms with E-state index in [1.54, 1.807) is 34.6 Å². The predicted molar refractivity (Wildman–Crippen MR) is 344 cm³/mol. The second-order valence-corrected chi connectivity index (χ2v) is 27.3. The van der Waals surface area contributed by atoms with Crippen molar-refractivity contribution in [3.8, 4) is 0 Å². The quantitative estimate of drug-likeness (QED) is 0.109. The molecule has 12 amide bonds. The van der Waals surface area contributed by atoms with E-state index in [4.69, 9.17) is 5.73 Å². The van der Waals surface area contributed by atoms with Gasteiger partial charge in [0.05, 0.1) is 6.54 Å². The van der Waals surface area contributed by atoms with Crippen LogP contribution in [-0.2, 0) is 57.5 Å². The highest BCUT2D eigenvalue weighted by Crippen LogP contribution is 2.26. The predicted octanol–water partition coefficient (Wildman–Crippen LogP) is 2.58. The summed E-state index contributed by atoms with van der Waals surface area (Å²) in [4.78, 5) is 182. The summed E-state index contributed by atoms with van der Waals surface area (Å²) in [7, 11) is 10.1. The number of carbonyl (C=O) groups is 12. The summed E-state index contributed by atoms with van der Waals surface area (Å²) in [6, 6.07) is -11.8. The number of likely N-dealkylation sites (N-methyl/N-ethyl adjacent to an activating group) is 7. The van der Waals surface area contributed by atoms with E-state index >= 15 is 14.4 Å². The molecule has 0 bridgehead atoms. The van der Waals surface area contributed by atoms with Crippen molar-refractivity contribution in [3.63, 3.8) is 0 Å². The molecule has 7 N–H and O–H groups in total. The van der Waals surface area contributed by atoms with Crippen LogP contribution in [0, 0.1) is 41.4 Å². The number of hydrogen-bond donors (Lipinski definition) is 6. The van der Waals surface area contributed by atoms with Gasteiger partial charge in [-0.3, -0.25) is 57.5 Å². The molecule has 0 aromatic carbocycles. The molecule has 1 aliphatic rings. The van der Waals surface area contributed by atoms with Crippen molar-refractivity contribution < 1.29 is 57.5 Å². The SMILES string of the molecule is CC[C@@H]1NC(=O)[C@H](C[C@H](C)CCCC(=O)NCCN)N(C)C(=O)[C@H](C(C)C)N(C)C(=O)C(CC(C)C)N(C)C(=O)C(CC(C)C)N(C)C(=O)[C@@H](C)NC(=O)[C@H](C)NC(=O)[C@H](CC(C)C)N(C)C(=O)[C@H](C(C)C)NC(=O)[C@H](CC(C)C)N(C)C(=O)CN(C)C1=O. The van der Waals surface area contributed by atoms with Gasteiger partial charge in [0, 0.05) is 68.8 Å². The topological polar surface area (TPSA) is 314 Å². The van der Waals surface area contributed by atoms with Crippen molar-refractivity contribution in [2.24, 2.45) is 47.2 Å². The lowest BCUT2D eigenvalue weighted by molar-refractivity contribution is -0.156. The molecule has 510 valence electrons. The lowest BCUT2D eigenvalue weighted by atomic mass is 9.92. The highest BCUT2D eigenvalue weighted by molar-refractivity contribution is 5.99. The zero-order chi connectivity index (χ0) is 68.8. The van der Waals surface area contributed by atoms with Crippen LogP contribution in [0.15, 0.2) is 0 Å². The van der Waals surface area contributed by atoms with E-state index in [-0.39, 0.29) is 87.0 Å². The van der Waals surface area contributed by atoms with Crippen molar-refractivity contribution in [1.29, 1.82) is 0 Å². The third kappa shape index (κ3) is 24.4. The molecule has 1 saturated heterocycles. The van der Waals surface area contributed by atoms with Gasteiger partial charge in [0.2, 0.25) is 70.9 Å². The average molecular weight is 1260 g/mol. The van der Waals surface area contributed by atoms with E-state index in [9.17, 15) is 43.2 Å². The van der Waals surface area contributed by atoms with Gasteiger partial charge in [0.15, 0.2) is 0 Å². The third-order valence-electron chi connectivity index (χ3n) is 16.7. The Morgan fingerprint density at radius 2 is 0.899 bits per heavy atom. The Kier molecular flexibility index (Phi) is 34.1. The van der Waals surface area contributed by atoms with Gasteiger partial charge in [-0.05, 0) is 100 Å². The van der Waals surface area contributed by atoms with E-state index in [0.29, 0.717) is 19.4 Å². The first-order chi connectivity index (χ1) is 41.2. The van der Waals surface area contributed by atoms with Gasteiger partial charge in [-0.25, -0.2) is 0 Å². The maximum atomic E-state index is 15.2. The minimum atomic E-state index is -1.23. The van der Waals surface area contributed by atoms with Crippen molar-refractivity contribution in [1.82, 2.24) is 60.9 Å². The molecule has 11 atom stereocenters. The fourth-order valence-electron chi connectivity index (χ4n) is 11.2. The molecule has 2 unspecified atom stereocenters. The summed E-state index contributed by atoms with van der Waals surface area (Å²) in [5, 5.41) is 13.9. The van der Waals surface area contributed by atoms with Crippen LogP contribution < -0.4 is 32.3 Å². The van der Waals surface area contributed by atoms with Gasteiger partial charge < -0.3 is 66.6 Å². The first-order valence-electron chi connectivity index (χ1n) is 32.2. The fourth-order valence-corrected chi connectivity index (χ4v) is 11.2. The summed E-state index contributed by atoms with van der Waals surface area (Å²) in [5.41, 5.74) is 5.58. The standard InChI is InChI=1S/C64H117N13O12/c1-24-45-60(85)71(17)35-52(79)72(18)46(30-36(2)3)58(83)70-53(40(10)11)63(88)73(19)47(31-37(4)5)56(81)67-43(15)55(80)68-44(16)59(84)75(21)49(32-38(6)7)61(86)76(22)50(33-39(8)9)62(87)77(23)54(41(12)13)64(89)74(20)48(57(82)69-45)34-42(14)26-25-27-51(78)66-29-28-65/h36-50,53-54H,24-35,65H2,1-23H3,(H,66,78)(H,67,81)(H,68,80)(H,69,82)(H,70,83)/t42-,43+,44-,45+,46+,47+,48+,49?,50?,53+,54+/m1/s1. The Morgan fingerprint density at radius 1 is 0.483 bits per heavy atom. The lowest BCUT2D eigenvalue weighted by Crippen LogP contribution is -2.61. The number of nitrogens with zero attached hydrogens (tertiary/aromatic N) is 7. The maximum absolute atomic E-state index is 15.2. The van der Waals surface area contributed by atoms with Gasteiger partial charge in [-0.2, -0.15) is 0 Å². The van der Waals surface area contributed by atoms with Gasteiger partial charge >= 0.3 is 0 Å². The second kappa shape index (κ2) is 37.7. The van der Waals surface area contributed by atoms with Crippen LogP contribution in [0.1, 0.15) is 169 Å². The van der Waals surface area contributed by atoms with Crippen molar-refractivity contribution in [3.05, 3.63) is 0 Å². The molecule has 1 fully saturated rings. The molecule has 1 heterocycles. The molecular weight excluding hydrogens is 1140 g/mol. The Morgan fingerprint density at radius 3 is 1.37 bits per heavy atom. The Bertz CT molecular complexity index is 2400. The molecule has 0 spiro atoms. The minimum Gasteiger partial charge on any atom is -0.355 e. The van der Waals surface area contributed by atoms with Crippen molar-refractivity contribution in [2.45, 2.75) is 229 Å². The van der Waals surface area contributed by atoms with Crippen LogP contribution in [0.25, 0.3) is 0 Å². The van der Waals surface area contributed by atoms with E-state index in [1.807, 2.05) is 62.3 Å². The number of hydrogen-bond acceptors (Lipinski definition) is 13. The number of nitrogens with one attached hydrogen (secondary N) is 5. The molecule has 25 nitrogen and oxygen atoms in total. The van der Waals surface area contributed by atoms with E-state index in [1.165, 1.54) is 92.6 Å². The molecule has 1 aliphatic heterocycles. The Balaban J connectivity index is 4.29. The molecule has 0 aromatic rings. The van der Waals surface area contributed by atoms with Crippen molar-refractivity contribution in [2.75, 3.05) is 69.0 Å². The fraction of sp³-hybridized carbons (Fsp3) is 0.812. The molecule has 0 saturated carbocycles. The average Bonchev–Trinajstić information content (AvgIpc) is 1.05. The van der Waals surface area contributed by atoms with Gasteiger partial charge in [-0.1, -0.05) is 103 Å². The van der Waals surface area contributed by atoms with Gasteiger partial charge in [0.1, 0.15) is 60.4 Å². The Labute approximate surface area is 532 Å². The van der Waals surface area contributed by atoms with E-state index in [0.717, 1.165) is 4.90 Å². The number of amides is 12. The molecule has 89 heavy (non-hydrogen) atoms.